The van der Waals surface area contributed by atoms with Gasteiger partial charge in [0.2, 0.25) is 0 Å². The third-order valence-electron chi connectivity index (χ3n) is 10.6. The minimum Gasteiger partial charge on any atom is -0.208 e. The average molecular weight is 643 g/mol. The van der Waals surface area contributed by atoms with Gasteiger partial charge in [-0.2, -0.15) is 5.26 Å². The van der Waals surface area contributed by atoms with Crippen LogP contribution < -0.4 is 0 Å². The van der Waals surface area contributed by atoms with E-state index in [0.29, 0.717) is 17.5 Å². The van der Waals surface area contributed by atoms with Crippen molar-refractivity contribution in [3.63, 3.8) is 0 Å². The molecule has 1 heterocycles. The maximum Gasteiger partial charge on any atom is 0.164 e. The Morgan fingerprint density at radius 3 is 1.50 bits per heavy atom. The van der Waals surface area contributed by atoms with Gasteiger partial charge >= 0.3 is 0 Å². The van der Waals surface area contributed by atoms with Crippen LogP contribution in [0.25, 0.3) is 67.5 Å². The van der Waals surface area contributed by atoms with Gasteiger partial charge in [-0.1, -0.05) is 153 Å². The van der Waals surface area contributed by atoms with E-state index in [2.05, 4.69) is 109 Å². The van der Waals surface area contributed by atoms with Crippen LogP contribution in [0.4, 0.5) is 0 Å². The topological polar surface area (TPSA) is 62.5 Å². The number of nitrogens with zero attached hydrogens (tertiary/aromatic N) is 4. The summed E-state index contributed by atoms with van der Waals surface area (Å²) in [6, 6.07) is 53.1. The molecule has 1 saturated carbocycles. The molecular formula is C46H34N4. The number of hydrogen-bond acceptors (Lipinski definition) is 4. The minimum absolute atomic E-state index is 0.0137. The molecule has 9 rings (SSSR count). The number of hydrogen-bond donors (Lipinski definition) is 0. The maximum absolute atomic E-state index is 10.0. The van der Waals surface area contributed by atoms with Gasteiger partial charge in [-0.15, -0.1) is 0 Å². The molecule has 238 valence electrons. The zero-order chi connectivity index (χ0) is 33.5. The summed E-state index contributed by atoms with van der Waals surface area (Å²) in [5.74, 6) is 1.93. The van der Waals surface area contributed by atoms with Crippen molar-refractivity contribution in [2.75, 3.05) is 0 Å². The average Bonchev–Trinajstić information content (AvgIpc) is 3.46. The van der Waals surface area contributed by atoms with Crippen molar-refractivity contribution < 1.29 is 0 Å². The second kappa shape index (κ2) is 12.4. The largest absolute Gasteiger partial charge is 0.208 e. The number of rotatable bonds is 5. The lowest BCUT2D eigenvalue weighted by Crippen LogP contribution is -2.28. The molecule has 0 bridgehead atoms. The Bertz CT molecular complexity index is 2380. The molecule has 50 heavy (non-hydrogen) atoms. The van der Waals surface area contributed by atoms with Gasteiger partial charge in [0.05, 0.1) is 11.6 Å². The van der Waals surface area contributed by atoms with E-state index < -0.39 is 0 Å². The van der Waals surface area contributed by atoms with Crippen molar-refractivity contribution >= 4 is 0 Å². The lowest BCUT2D eigenvalue weighted by Gasteiger charge is -2.36. The molecule has 0 saturated heterocycles. The number of nitriles is 1. The van der Waals surface area contributed by atoms with Crippen LogP contribution in [-0.4, -0.2) is 15.0 Å². The van der Waals surface area contributed by atoms with Gasteiger partial charge in [-0.25, -0.2) is 15.0 Å². The highest BCUT2D eigenvalue weighted by molar-refractivity contribution is 5.87. The van der Waals surface area contributed by atoms with Gasteiger partial charge in [0, 0.05) is 27.7 Å². The highest BCUT2D eigenvalue weighted by Gasteiger charge is 2.44. The smallest absolute Gasteiger partial charge is 0.164 e. The molecular weight excluding hydrogens is 609 g/mol. The van der Waals surface area contributed by atoms with Gasteiger partial charge in [0.1, 0.15) is 0 Å². The Morgan fingerprint density at radius 1 is 0.440 bits per heavy atom. The van der Waals surface area contributed by atoms with Gasteiger partial charge in [0.15, 0.2) is 17.5 Å². The summed E-state index contributed by atoms with van der Waals surface area (Å²) in [5, 5.41) is 10.0. The molecule has 6 aromatic carbocycles. The summed E-state index contributed by atoms with van der Waals surface area (Å²) in [6.45, 7) is 0. The lowest BCUT2D eigenvalue weighted by atomic mass is 9.67. The third-order valence-corrected chi connectivity index (χ3v) is 10.6. The molecule has 4 heteroatoms. The molecule has 0 unspecified atom stereocenters. The normalized spacial score (nSPS) is 14.1. The maximum atomic E-state index is 10.0. The lowest BCUT2D eigenvalue weighted by molar-refractivity contribution is 0.353. The summed E-state index contributed by atoms with van der Waals surface area (Å²) in [6.07, 6.45) is 5.96. The van der Waals surface area contributed by atoms with Crippen LogP contribution >= 0.6 is 0 Å². The predicted molar refractivity (Wildman–Crippen MR) is 201 cm³/mol. The molecule has 1 aromatic heterocycles. The van der Waals surface area contributed by atoms with Crippen LogP contribution in [0.15, 0.2) is 146 Å². The van der Waals surface area contributed by atoms with Crippen LogP contribution in [0.5, 0.6) is 0 Å². The molecule has 0 radical (unpaired) electrons. The first-order valence-electron chi connectivity index (χ1n) is 17.5. The van der Waals surface area contributed by atoms with Gasteiger partial charge in [-0.3, -0.25) is 0 Å². The first-order valence-corrected chi connectivity index (χ1v) is 17.5. The second-order valence-corrected chi connectivity index (χ2v) is 13.4. The molecule has 0 aliphatic heterocycles. The Balaban J connectivity index is 1.09. The van der Waals surface area contributed by atoms with E-state index in [4.69, 9.17) is 15.0 Å². The van der Waals surface area contributed by atoms with Crippen molar-refractivity contribution in [2.45, 2.75) is 37.5 Å². The Kier molecular flexibility index (Phi) is 7.40. The molecule has 0 amide bonds. The summed E-state index contributed by atoms with van der Waals surface area (Å²) >= 11 is 0. The first-order chi connectivity index (χ1) is 24.7. The summed E-state index contributed by atoms with van der Waals surface area (Å²) in [7, 11) is 0. The number of fused-ring (bicyclic) bond motifs is 5. The Morgan fingerprint density at radius 2 is 0.920 bits per heavy atom. The van der Waals surface area contributed by atoms with Crippen molar-refractivity contribution in [1.29, 1.82) is 5.26 Å². The van der Waals surface area contributed by atoms with E-state index in [1.807, 2.05) is 42.5 Å². The zero-order valence-corrected chi connectivity index (χ0v) is 27.7. The van der Waals surface area contributed by atoms with Gasteiger partial charge < -0.3 is 0 Å². The van der Waals surface area contributed by atoms with E-state index >= 15 is 0 Å². The predicted octanol–water partition coefficient (Wildman–Crippen LogP) is 11.3. The fraction of sp³-hybridized carbons (Fsp3) is 0.130. The highest BCUT2D eigenvalue weighted by Crippen LogP contribution is 2.57. The monoisotopic (exact) mass is 642 g/mol. The highest BCUT2D eigenvalue weighted by atomic mass is 15.0. The van der Waals surface area contributed by atoms with E-state index in [1.165, 1.54) is 47.1 Å². The van der Waals surface area contributed by atoms with Gasteiger partial charge in [0.25, 0.3) is 0 Å². The van der Waals surface area contributed by atoms with E-state index in [-0.39, 0.29) is 5.41 Å². The summed E-state index contributed by atoms with van der Waals surface area (Å²) in [4.78, 5) is 14.9. The number of aromatic nitrogens is 3. The Hall–Kier alpha value is -6.18. The van der Waals surface area contributed by atoms with Crippen LogP contribution in [0.2, 0.25) is 0 Å². The van der Waals surface area contributed by atoms with Crippen molar-refractivity contribution in [1.82, 2.24) is 15.0 Å². The molecule has 2 aliphatic rings. The van der Waals surface area contributed by atoms with Crippen molar-refractivity contribution in [3.8, 4) is 73.6 Å². The zero-order valence-electron chi connectivity index (χ0n) is 27.7. The quantitative estimate of drug-likeness (QED) is 0.187. The second-order valence-electron chi connectivity index (χ2n) is 13.4. The van der Waals surface area contributed by atoms with Gasteiger partial charge in [-0.05, 0) is 63.9 Å². The van der Waals surface area contributed by atoms with Crippen LogP contribution in [0.3, 0.4) is 0 Å². The fourth-order valence-corrected chi connectivity index (χ4v) is 8.12. The van der Waals surface area contributed by atoms with E-state index in [9.17, 15) is 5.26 Å². The van der Waals surface area contributed by atoms with Crippen LogP contribution in [0.1, 0.15) is 48.8 Å². The summed E-state index contributed by atoms with van der Waals surface area (Å²) in [5.41, 5.74) is 13.3. The van der Waals surface area contributed by atoms with E-state index in [0.717, 1.165) is 51.8 Å². The molecule has 0 atom stereocenters. The SMILES string of the molecule is N#Cc1cccc2c1-c1ccc(-c3ccc(-c4nc(-c5ccccc5)nc(-c5ccc(-c6ccccc6)cc5)n4)cc3)cc1C21CCCCC1. The number of benzene rings is 6. The first kappa shape index (κ1) is 29.9. The van der Waals surface area contributed by atoms with Crippen LogP contribution in [-0.2, 0) is 5.41 Å². The van der Waals surface area contributed by atoms with Crippen molar-refractivity contribution in [2.24, 2.45) is 0 Å². The Labute approximate surface area is 292 Å². The molecule has 1 fully saturated rings. The summed E-state index contributed by atoms with van der Waals surface area (Å²) < 4.78 is 0. The third kappa shape index (κ3) is 5.11. The molecule has 0 N–H and O–H groups in total. The minimum atomic E-state index is -0.0137. The molecule has 7 aromatic rings. The van der Waals surface area contributed by atoms with Crippen molar-refractivity contribution in [3.05, 3.63) is 162 Å². The van der Waals surface area contributed by atoms with Crippen LogP contribution in [0, 0.1) is 11.3 Å². The van der Waals surface area contributed by atoms with E-state index in [1.54, 1.807) is 0 Å². The molecule has 4 nitrogen and oxygen atoms in total. The molecule has 1 spiro atoms. The molecule has 2 aliphatic carbocycles. The standard InChI is InChI=1S/C46H34N4/c47-30-38-15-10-16-40-42(38)39-26-25-37(29-41(39)46(40)27-8-3-9-28-46)33-19-23-36(24-20-33)45-49-43(34-13-6-2-7-14-34)48-44(50-45)35-21-17-32(18-22-35)31-11-4-1-5-12-31/h1-2,4-7,10-26,29H,3,8-9,27-28H2. The fourth-order valence-electron chi connectivity index (χ4n) is 8.12.